The molecular weight excluding hydrogens is 510 g/mol. The van der Waals surface area contributed by atoms with Crippen molar-refractivity contribution < 1.29 is 18.4 Å². The summed E-state index contributed by atoms with van der Waals surface area (Å²) in [5.41, 5.74) is 1.21. The molecule has 3 aromatic rings. The largest absolute Gasteiger partial charge is 0.346 e. The van der Waals surface area contributed by atoms with Crippen LogP contribution in [0.5, 0.6) is 0 Å². The molecule has 2 N–H and O–H groups in total. The van der Waals surface area contributed by atoms with E-state index in [1.807, 2.05) is 30.3 Å². The molecule has 1 aromatic heterocycles. The highest BCUT2D eigenvalue weighted by Gasteiger charge is 2.41. The van der Waals surface area contributed by atoms with Crippen LogP contribution in [-0.2, 0) is 16.9 Å². The highest BCUT2D eigenvalue weighted by molar-refractivity contribution is 6.31. The van der Waals surface area contributed by atoms with Crippen LogP contribution in [0, 0.1) is 17.6 Å². The first-order valence-electron chi connectivity index (χ1n) is 12.8. The van der Waals surface area contributed by atoms with Crippen LogP contribution in [0.1, 0.15) is 53.7 Å². The molecule has 1 saturated heterocycles. The number of piperidine rings is 1. The highest BCUT2D eigenvalue weighted by atomic mass is 35.5. The van der Waals surface area contributed by atoms with E-state index >= 15 is 0 Å². The quantitative estimate of drug-likeness (QED) is 0.380. The molecule has 2 aliphatic rings. The van der Waals surface area contributed by atoms with Gasteiger partial charge in [0.25, 0.3) is 5.91 Å². The molecule has 1 aliphatic carbocycles. The highest BCUT2D eigenvalue weighted by Crippen LogP contribution is 2.42. The van der Waals surface area contributed by atoms with Crippen LogP contribution in [-0.4, -0.2) is 34.8 Å². The van der Waals surface area contributed by atoms with Gasteiger partial charge in [-0.1, -0.05) is 29.8 Å². The van der Waals surface area contributed by atoms with Crippen molar-refractivity contribution in [3.8, 4) is 0 Å². The Morgan fingerprint density at radius 1 is 1.03 bits per heavy atom. The first kappa shape index (κ1) is 26.3. The van der Waals surface area contributed by atoms with E-state index in [0.717, 1.165) is 75.1 Å². The van der Waals surface area contributed by atoms with E-state index in [9.17, 15) is 18.4 Å². The lowest BCUT2D eigenvalue weighted by Crippen LogP contribution is -2.53. The third-order valence-electron chi connectivity index (χ3n) is 7.61. The molecule has 0 atom stereocenters. The number of nitrogens with zero attached hydrogens (tertiary/aromatic N) is 2. The van der Waals surface area contributed by atoms with Crippen molar-refractivity contribution in [2.45, 2.75) is 44.2 Å². The minimum atomic E-state index is -1.10. The van der Waals surface area contributed by atoms with Gasteiger partial charge in [-0.25, -0.2) is 8.78 Å². The SMILES string of the molecule is O=C(Nc1ccc(C2(NC(=O)C3CCN(Cc4ccccn4)CC3)CCC2)cc1)c1c(F)ccc(Cl)c1F. The van der Waals surface area contributed by atoms with E-state index in [-0.39, 0.29) is 16.8 Å². The van der Waals surface area contributed by atoms with E-state index in [1.54, 1.807) is 18.3 Å². The van der Waals surface area contributed by atoms with E-state index < -0.39 is 28.6 Å². The molecule has 0 unspecified atom stereocenters. The Kier molecular flexibility index (Phi) is 7.72. The van der Waals surface area contributed by atoms with Gasteiger partial charge in [0.1, 0.15) is 11.4 Å². The molecule has 2 fully saturated rings. The number of pyridine rings is 1. The third-order valence-corrected chi connectivity index (χ3v) is 7.90. The number of aromatic nitrogens is 1. The Balaban J connectivity index is 1.19. The number of nitrogens with one attached hydrogen (secondary N) is 2. The second-order valence-corrected chi connectivity index (χ2v) is 10.5. The van der Waals surface area contributed by atoms with Crippen LogP contribution in [0.4, 0.5) is 14.5 Å². The Bertz CT molecular complexity index is 1310. The van der Waals surface area contributed by atoms with Gasteiger partial charge in [0, 0.05) is 24.3 Å². The molecule has 5 rings (SSSR count). The van der Waals surface area contributed by atoms with Gasteiger partial charge in [0.15, 0.2) is 5.82 Å². The third kappa shape index (κ3) is 5.56. The molecule has 198 valence electrons. The zero-order valence-corrected chi connectivity index (χ0v) is 21.6. The molecule has 1 aliphatic heterocycles. The summed E-state index contributed by atoms with van der Waals surface area (Å²) in [6.07, 6.45) is 6.08. The smallest absolute Gasteiger partial charge is 0.261 e. The van der Waals surface area contributed by atoms with Crippen LogP contribution in [0.3, 0.4) is 0 Å². The first-order valence-corrected chi connectivity index (χ1v) is 13.2. The average molecular weight is 539 g/mol. The van der Waals surface area contributed by atoms with Crippen molar-refractivity contribution >= 4 is 29.1 Å². The minimum absolute atomic E-state index is 0.0338. The maximum atomic E-state index is 14.2. The summed E-state index contributed by atoms with van der Waals surface area (Å²) >= 11 is 5.70. The van der Waals surface area contributed by atoms with Gasteiger partial charge in [0.05, 0.1) is 16.3 Å². The van der Waals surface area contributed by atoms with Gasteiger partial charge in [-0.05, 0) is 87.2 Å². The minimum Gasteiger partial charge on any atom is -0.346 e. The number of benzene rings is 2. The molecule has 38 heavy (non-hydrogen) atoms. The zero-order valence-electron chi connectivity index (χ0n) is 20.9. The van der Waals surface area contributed by atoms with Crippen molar-refractivity contribution in [1.82, 2.24) is 15.2 Å². The standard InChI is InChI=1S/C29H29ClF2N4O2/c30-23-9-10-24(31)25(26(23)32)28(38)34-21-7-5-20(6-8-21)29(13-3-14-29)35-27(37)19-11-16-36(17-12-19)18-22-4-1-2-15-33-22/h1-2,4-10,15,19H,3,11-14,16-18H2,(H,34,38)(H,35,37). The molecule has 2 heterocycles. The molecule has 2 aromatic carbocycles. The number of amides is 2. The van der Waals surface area contributed by atoms with Crippen LogP contribution in [0.25, 0.3) is 0 Å². The van der Waals surface area contributed by atoms with Crippen LogP contribution in [0.2, 0.25) is 5.02 Å². The number of anilines is 1. The topological polar surface area (TPSA) is 74.3 Å². The second-order valence-electron chi connectivity index (χ2n) is 10.0. The number of carbonyl (C=O) groups is 2. The second kappa shape index (κ2) is 11.2. The van der Waals surface area contributed by atoms with E-state index in [2.05, 4.69) is 20.5 Å². The average Bonchev–Trinajstić information content (AvgIpc) is 2.90. The fourth-order valence-electron chi connectivity index (χ4n) is 5.23. The molecule has 9 heteroatoms. The maximum Gasteiger partial charge on any atom is 0.261 e. The fourth-order valence-corrected chi connectivity index (χ4v) is 5.39. The fraction of sp³-hybridized carbons (Fsp3) is 0.345. The predicted molar refractivity (Wildman–Crippen MR) is 142 cm³/mol. The lowest BCUT2D eigenvalue weighted by Gasteiger charge is -2.44. The monoisotopic (exact) mass is 538 g/mol. The number of rotatable bonds is 7. The molecule has 1 saturated carbocycles. The molecule has 0 spiro atoms. The first-order chi connectivity index (χ1) is 18.3. The van der Waals surface area contributed by atoms with Crippen molar-refractivity contribution in [2.75, 3.05) is 18.4 Å². The predicted octanol–water partition coefficient (Wildman–Crippen LogP) is 5.67. The summed E-state index contributed by atoms with van der Waals surface area (Å²) in [6.45, 7) is 2.49. The number of hydrogen-bond acceptors (Lipinski definition) is 4. The van der Waals surface area contributed by atoms with Crippen molar-refractivity contribution in [1.29, 1.82) is 0 Å². The summed E-state index contributed by atoms with van der Waals surface area (Å²) in [5, 5.41) is 5.51. The number of halogens is 3. The van der Waals surface area contributed by atoms with Crippen molar-refractivity contribution in [3.63, 3.8) is 0 Å². The van der Waals surface area contributed by atoms with Crippen LogP contribution in [0.15, 0.2) is 60.8 Å². The molecule has 6 nitrogen and oxygen atoms in total. The van der Waals surface area contributed by atoms with Gasteiger partial charge < -0.3 is 10.6 Å². The molecular formula is C29H29ClF2N4O2. The van der Waals surface area contributed by atoms with E-state index in [1.165, 1.54) is 0 Å². The van der Waals surface area contributed by atoms with Gasteiger partial charge in [-0.15, -0.1) is 0 Å². The normalized spacial score (nSPS) is 17.4. The summed E-state index contributed by atoms with van der Waals surface area (Å²) in [7, 11) is 0. The molecule has 2 amide bonds. The van der Waals surface area contributed by atoms with Gasteiger partial charge in [0.2, 0.25) is 5.91 Å². The zero-order chi connectivity index (χ0) is 26.7. The lowest BCUT2D eigenvalue weighted by atomic mass is 9.71. The van der Waals surface area contributed by atoms with Crippen molar-refractivity contribution in [3.05, 3.63) is 94.3 Å². The van der Waals surface area contributed by atoms with Crippen LogP contribution >= 0.6 is 11.6 Å². The summed E-state index contributed by atoms with van der Waals surface area (Å²) < 4.78 is 28.3. The number of hydrogen-bond donors (Lipinski definition) is 2. The molecule has 0 radical (unpaired) electrons. The number of likely N-dealkylation sites (tertiary alicyclic amines) is 1. The Morgan fingerprint density at radius 3 is 2.39 bits per heavy atom. The molecule has 0 bridgehead atoms. The van der Waals surface area contributed by atoms with E-state index in [4.69, 9.17) is 11.6 Å². The Hall–Kier alpha value is -3.36. The Morgan fingerprint density at radius 2 is 1.76 bits per heavy atom. The van der Waals surface area contributed by atoms with Crippen molar-refractivity contribution in [2.24, 2.45) is 5.92 Å². The van der Waals surface area contributed by atoms with Gasteiger partial charge >= 0.3 is 0 Å². The maximum absolute atomic E-state index is 14.2. The summed E-state index contributed by atoms with van der Waals surface area (Å²) in [5.74, 6) is -2.96. The Labute approximate surface area is 225 Å². The summed E-state index contributed by atoms with van der Waals surface area (Å²) in [6, 6.07) is 15.0. The van der Waals surface area contributed by atoms with Gasteiger partial charge in [-0.3, -0.25) is 19.5 Å². The van der Waals surface area contributed by atoms with E-state index in [0.29, 0.717) is 5.69 Å². The number of carbonyl (C=O) groups excluding carboxylic acids is 2. The summed E-state index contributed by atoms with van der Waals surface area (Å²) in [4.78, 5) is 32.4. The lowest BCUT2D eigenvalue weighted by molar-refractivity contribution is -0.129. The van der Waals surface area contributed by atoms with Crippen LogP contribution < -0.4 is 10.6 Å². The van der Waals surface area contributed by atoms with Gasteiger partial charge in [-0.2, -0.15) is 0 Å².